The second kappa shape index (κ2) is 14.3. The van der Waals surface area contributed by atoms with E-state index >= 15 is 0 Å². The van der Waals surface area contributed by atoms with Gasteiger partial charge in [0.15, 0.2) is 0 Å². The number of benzene rings is 2. The van der Waals surface area contributed by atoms with Gasteiger partial charge in [-0.1, -0.05) is 63.8 Å². The van der Waals surface area contributed by atoms with Gasteiger partial charge in [0.25, 0.3) is 0 Å². The van der Waals surface area contributed by atoms with E-state index in [1.54, 1.807) is 6.92 Å². The first-order chi connectivity index (χ1) is 20.8. The van der Waals surface area contributed by atoms with Crippen molar-refractivity contribution in [2.75, 3.05) is 18.0 Å². The summed E-state index contributed by atoms with van der Waals surface area (Å²) in [5.74, 6) is 1.05. The smallest absolute Gasteiger partial charge is 0.133 e. The van der Waals surface area contributed by atoms with E-state index in [0.717, 1.165) is 71.1 Å². The Labute approximate surface area is 256 Å². The molecule has 0 unspecified atom stereocenters. The standard InChI is InChI=1S/C36H41N7/c1-7-14-34-36-31(29-20-28(9-3)22-39-23-29)17-13-18-33(36)41-35(43(34)30-15-11-10-12-16-30)24-42(19-8-2)26(5)32(21-37)25(4)40-27(6)38/h10-18,20,22-23H,6-9,19,24,38H2,1-5H3/b32-26+,34-14+,40-25?. The lowest BCUT2D eigenvalue weighted by atomic mass is 9.93. The Kier molecular flexibility index (Phi) is 10.3. The Bertz CT molecular complexity index is 1640. The van der Waals surface area contributed by atoms with Crippen molar-refractivity contribution in [1.29, 1.82) is 5.26 Å². The Hall–Kier alpha value is -4.96. The molecule has 0 radical (unpaired) electrons. The summed E-state index contributed by atoms with van der Waals surface area (Å²) in [6, 6.07) is 21.2. The molecule has 7 nitrogen and oxygen atoms in total. The molecule has 1 aromatic heterocycles. The van der Waals surface area contributed by atoms with Crippen LogP contribution in [0.3, 0.4) is 0 Å². The molecule has 0 aliphatic carbocycles. The van der Waals surface area contributed by atoms with Crippen LogP contribution in [0.1, 0.15) is 58.6 Å². The van der Waals surface area contributed by atoms with Gasteiger partial charge in [0.2, 0.25) is 0 Å². The highest BCUT2D eigenvalue weighted by molar-refractivity contribution is 6.16. The molecular formula is C36H41N7. The maximum atomic E-state index is 10.1. The first kappa shape index (κ1) is 31.0. The monoisotopic (exact) mass is 571 g/mol. The minimum Gasteiger partial charge on any atom is -0.384 e. The summed E-state index contributed by atoms with van der Waals surface area (Å²) >= 11 is 0. The number of allylic oxidation sites excluding steroid dienone is 3. The average Bonchev–Trinajstić information content (AvgIpc) is 3.01. The van der Waals surface area contributed by atoms with Crippen LogP contribution in [0.5, 0.6) is 0 Å². The van der Waals surface area contributed by atoms with Gasteiger partial charge in [-0.25, -0.2) is 9.98 Å². The molecule has 0 saturated carbocycles. The number of nitrogens with zero attached hydrogens (tertiary/aromatic N) is 6. The van der Waals surface area contributed by atoms with Crippen molar-refractivity contribution in [2.24, 2.45) is 15.7 Å². The molecular weight excluding hydrogens is 530 g/mol. The molecule has 0 atom stereocenters. The summed E-state index contributed by atoms with van der Waals surface area (Å²) in [5, 5.41) is 10.1. The van der Waals surface area contributed by atoms with Gasteiger partial charge < -0.3 is 10.6 Å². The van der Waals surface area contributed by atoms with Crippen LogP contribution in [0.15, 0.2) is 107 Å². The number of nitrogens with two attached hydrogens (primary N) is 1. The van der Waals surface area contributed by atoms with Gasteiger partial charge in [-0.15, -0.1) is 0 Å². The highest BCUT2D eigenvalue weighted by atomic mass is 15.3. The van der Waals surface area contributed by atoms with Gasteiger partial charge in [-0.2, -0.15) is 5.26 Å². The second-order valence-corrected chi connectivity index (χ2v) is 10.5. The fourth-order valence-corrected chi connectivity index (χ4v) is 5.43. The van der Waals surface area contributed by atoms with Crippen LogP contribution in [-0.4, -0.2) is 34.5 Å². The molecule has 0 amide bonds. The van der Waals surface area contributed by atoms with Crippen LogP contribution in [0.4, 0.5) is 11.4 Å². The number of aromatic nitrogens is 1. The molecule has 220 valence electrons. The molecule has 0 spiro atoms. The Balaban J connectivity index is 1.95. The van der Waals surface area contributed by atoms with E-state index in [9.17, 15) is 5.26 Å². The number of amidine groups is 1. The number of nitriles is 1. The quantitative estimate of drug-likeness (QED) is 0.186. The molecule has 2 heterocycles. The number of aliphatic imine (C=N–C) groups is 2. The normalized spacial score (nSPS) is 14.5. The molecule has 0 saturated heterocycles. The number of anilines is 1. The number of hydrogen-bond acceptors (Lipinski definition) is 7. The summed E-state index contributed by atoms with van der Waals surface area (Å²) in [7, 11) is 0. The lowest BCUT2D eigenvalue weighted by molar-refractivity contribution is 0.388. The van der Waals surface area contributed by atoms with E-state index in [4.69, 9.17) is 10.7 Å². The number of fused-ring (bicyclic) bond motifs is 1. The van der Waals surface area contributed by atoms with Crippen LogP contribution < -0.4 is 10.6 Å². The van der Waals surface area contributed by atoms with Crippen LogP contribution in [-0.2, 0) is 6.42 Å². The maximum Gasteiger partial charge on any atom is 0.133 e. The van der Waals surface area contributed by atoms with E-state index < -0.39 is 0 Å². The zero-order chi connectivity index (χ0) is 30.9. The fraction of sp³-hybridized carbons (Fsp3) is 0.278. The molecule has 4 rings (SSSR count). The number of para-hydroxylation sites is 1. The number of pyridine rings is 1. The minimum atomic E-state index is 0.174. The predicted octanol–water partition coefficient (Wildman–Crippen LogP) is 8.01. The lowest BCUT2D eigenvalue weighted by Crippen LogP contribution is -2.41. The first-order valence-electron chi connectivity index (χ1n) is 14.9. The number of aryl methyl sites for hydroxylation is 1. The minimum absolute atomic E-state index is 0.174. The van der Waals surface area contributed by atoms with E-state index in [1.807, 2.05) is 25.4 Å². The third kappa shape index (κ3) is 6.92. The fourth-order valence-electron chi connectivity index (χ4n) is 5.43. The third-order valence-corrected chi connectivity index (χ3v) is 7.42. The lowest BCUT2D eigenvalue weighted by Gasteiger charge is -2.37. The molecule has 3 aromatic rings. The van der Waals surface area contributed by atoms with Gasteiger partial charge in [-0.3, -0.25) is 9.88 Å². The van der Waals surface area contributed by atoms with Crippen molar-refractivity contribution in [3.8, 4) is 17.2 Å². The molecule has 2 aromatic carbocycles. The van der Waals surface area contributed by atoms with E-state index in [0.29, 0.717) is 17.8 Å². The summed E-state index contributed by atoms with van der Waals surface area (Å²) in [5.41, 5.74) is 15.1. The summed E-state index contributed by atoms with van der Waals surface area (Å²) in [6.45, 7) is 15.1. The first-order valence-corrected chi connectivity index (χ1v) is 14.9. The van der Waals surface area contributed by atoms with Crippen molar-refractivity contribution >= 4 is 28.6 Å². The van der Waals surface area contributed by atoms with Crippen molar-refractivity contribution in [2.45, 2.75) is 53.9 Å². The van der Waals surface area contributed by atoms with Crippen LogP contribution in [0, 0.1) is 11.3 Å². The Morgan fingerprint density at radius 1 is 1.09 bits per heavy atom. The average molecular weight is 572 g/mol. The van der Waals surface area contributed by atoms with Crippen molar-refractivity contribution in [1.82, 2.24) is 9.88 Å². The number of rotatable bonds is 11. The second-order valence-electron chi connectivity index (χ2n) is 10.5. The van der Waals surface area contributed by atoms with Gasteiger partial charge in [0.1, 0.15) is 17.7 Å². The zero-order valence-corrected chi connectivity index (χ0v) is 25.9. The van der Waals surface area contributed by atoms with E-state index in [-0.39, 0.29) is 5.82 Å². The van der Waals surface area contributed by atoms with E-state index in [2.05, 4.69) is 108 Å². The molecule has 1 aliphatic rings. The van der Waals surface area contributed by atoms with Gasteiger partial charge in [-0.05, 0) is 68.5 Å². The van der Waals surface area contributed by atoms with Gasteiger partial charge in [0.05, 0.1) is 29.2 Å². The molecule has 0 bridgehead atoms. The summed E-state index contributed by atoms with van der Waals surface area (Å²) in [4.78, 5) is 18.6. The highest BCUT2D eigenvalue weighted by Gasteiger charge is 2.30. The molecule has 2 N–H and O–H groups in total. The highest BCUT2D eigenvalue weighted by Crippen LogP contribution is 2.43. The van der Waals surface area contributed by atoms with Crippen LogP contribution >= 0.6 is 0 Å². The SMILES string of the molecule is C=C(N)N=C(C)/C(C#N)=C(\C)N(CCC)CC1=Nc2cccc(-c3cncc(CC)c3)c2/C(=C\CC)N1c1ccccc1. The van der Waals surface area contributed by atoms with Crippen molar-refractivity contribution in [3.63, 3.8) is 0 Å². The Morgan fingerprint density at radius 2 is 1.86 bits per heavy atom. The zero-order valence-electron chi connectivity index (χ0n) is 25.9. The van der Waals surface area contributed by atoms with Gasteiger partial charge in [0, 0.05) is 41.4 Å². The van der Waals surface area contributed by atoms with E-state index in [1.165, 1.54) is 5.56 Å². The van der Waals surface area contributed by atoms with Crippen LogP contribution in [0.2, 0.25) is 0 Å². The maximum absolute atomic E-state index is 10.1. The van der Waals surface area contributed by atoms with Crippen molar-refractivity contribution < 1.29 is 0 Å². The number of hydrogen-bond donors (Lipinski definition) is 1. The molecule has 0 fully saturated rings. The van der Waals surface area contributed by atoms with Crippen LogP contribution in [0.25, 0.3) is 16.8 Å². The third-order valence-electron chi connectivity index (χ3n) is 7.42. The largest absolute Gasteiger partial charge is 0.384 e. The summed E-state index contributed by atoms with van der Waals surface area (Å²) in [6.07, 6.45) is 8.80. The van der Waals surface area contributed by atoms with Gasteiger partial charge >= 0.3 is 0 Å². The molecule has 7 heteroatoms. The van der Waals surface area contributed by atoms with Crippen molar-refractivity contribution in [3.05, 3.63) is 108 Å². The predicted molar refractivity (Wildman–Crippen MR) is 180 cm³/mol. The summed E-state index contributed by atoms with van der Waals surface area (Å²) < 4.78 is 0. The molecule has 43 heavy (non-hydrogen) atoms. The topological polar surface area (TPSA) is 93.9 Å². The molecule has 1 aliphatic heterocycles. The Morgan fingerprint density at radius 3 is 2.51 bits per heavy atom.